The minimum Gasteiger partial charge on any atom is -0.495 e. The summed E-state index contributed by atoms with van der Waals surface area (Å²) in [7, 11) is 1.56. The van der Waals surface area contributed by atoms with Gasteiger partial charge in [-0.1, -0.05) is 12.1 Å². The number of ether oxygens (including phenoxy) is 2. The van der Waals surface area contributed by atoms with Crippen LogP contribution in [0.4, 0.5) is 5.69 Å². The first-order valence-corrected chi connectivity index (χ1v) is 9.26. The Morgan fingerprint density at radius 2 is 1.86 bits per heavy atom. The van der Waals surface area contributed by atoms with Gasteiger partial charge in [-0.25, -0.2) is 4.98 Å². The maximum absolute atomic E-state index is 12.7. The molecule has 0 aliphatic rings. The number of aromatic nitrogens is 1. The van der Waals surface area contributed by atoms with Crippen molar-refractivity contribution in [2.75, 3.05) is 19.0 Å². The van der Waals surface area contributed by atoms with Gasteiger partial charge in [0.05, 0.1) is 19.4 Å². The minimum atomic E-state index is -0.249. The first-order chi connectivity index (χ1) is 14.2. The minimum absolute atomic E-state index is 0.249. The number of anilines is 1. The van der Waals surface area contributed by atoms with E-state index >= 15 is 0 Å². The molecule has 4 aromatic rings. The number of benzene rings is 3. The van der Waals surface area contributed by atoms with Crippen LogP contribution in [0.25, 0.3) is 22.6 Å². The smallest absolute Gasteiger partial charge is 0.255 e. The standard InChI is InChI=1S/C23H20N2O4/c1-3-28-17-11-8-15(9-12-17)22(26)24-19-14-16(10-13-20(19)27-2)23-25-18-6-4-5-7-21(18)29-23/h4-14H,3H2,1-2H3,(H,24,26). The van der Waals surface area contributed by atoms with Gasteiger partial charge in [-0.05, 0) is 61.5 Å². The van der Waals surface area contributed by atoms with Gasteiger partial charge < -0.3 is 19.2 Å². The molecule has 6 nitrogen and oxygen atoms in total. The predicted molar refractivity (Wildman–Crippen MR) is 112 cm³/mol. The van der Waals surface area contributed by atoms with Crippen molar-refractivity contribution < 1.29 is 18.7 Å². The highest BCUT2D eigenvalue weighted by Gasteiger charge is 2.14. The van der Waals surface area contributed by atoms with E-state index in [1.807, 2.05) is 37.3 Å². The monoisotopic (exact) mass is 388 g/mol. The fourth-order valence-electron chi connectivity index (χ4n) is 3.00. The number of fused-ring (bicyclic) bond motifs is 1. The molecule has 0 aliphatic heterocycles. The van der Waals surface area contributed by atoms with E-state index in [1.54, 1.807) is 43.5 Å². The van der Waals surface area contributed by atoms with E-state index in [1.165, 1.54) is 0 Å². The topological polar surface area (TPSA) is 73.6 Å². The van der Waals surface area contributed by atoms with Crippen LogP contribution in [-0.2, 0) is 0 Å². The molecule has 0 unspecified atom stereocenters. The molecule has 1 heterocycles. The zero-order chi connectivity index (χ0) is 20.2. The number of methoxy groups -OCH3 is 1. The summed E-state index contributed by atoms with van der Waals surface area (Å²) in [6, 6.07) is 19.9. The molecule has 0 radical (unpaired) electrons. The van der Waals surface area contributed by atoms with Crippen LogP contribution in [0, 0.1) is 0 Å². The molecular formula is C23H20N2O4. The Morgan fingerprint density at radius 3 is 2.59 bits per heavy atom. The predicted octanol–water partition coefficient (Wildman–Crippen LogP) is 5.15. The van der Waals surface area contributed by atoms with Crippen molar-refractivity contribution in [3.8, 4) is 23.0 Å². The Bertz CT molecular complexity index is 1120. The molecule has 1 amide bonds. The summed E-state index contributed by atoms with van der Waals surface area (Å²) in [5, 5.41) is 2.90. The summed E-state index contributed by atoms with van der Waals surface area (Å²) in [6.07, 6.45) is 0. The van der Waals surface area contributed by atoms with Gasteiger partial charge in [0.15, 0.2) is 5.58 Å². The van der Waals surface area contributed by atoms with E-state index in [4.69, 9.17) is 13.9 Å². The molecule has 0 fully saturated rings. The average molecular weight is 388 g/mol. The van der Waals surface area contributed by atoms with Gasteiger partial charge in [-0.3, -0.25) is 4.79 Å². The zero-order valence-electron chi connectivity index (χ0n) is 16.1. The third kappa shape index (κ3) is 3.91. The molecule has 6 heteroatoms. The molecule has 0 spiro atoms. The summed E-state index contributed by atoms with van der Waals surface area (Å²) in [5.41, 5.74) is 3.27. The molecule has 146 valence electrons. The molecule has 4 rings (SSSR count). The Kier molecular flexibility index (Phi) is 5.16. The van der Waals surface area contributed by atoms with Gasteiger partial charge in [-0.2, -0.15) is 0 Å². The number of carbonyl (C=O) groups is 1. The second-order valence-electron chi connectivity index (χ2n) is 6.31. The summed E-state index contributed by atoms with van der Waals surface area (Å²) >= 11 is 0. The number of para-hydroxylation sites is 2. The van der Waals surface area contributed by atoms with E-state index in [0.717, 1.165) is 16.8 Å². The van der Waals surface area contributed by atoms with Crippen LogP contribution in [0.3, 0.4) is 0 Å². The van der Waals surface area contributed by atoms with Gasteiger partial charge in [0, 0.05) is 11.1 Å². The fraction of sp³-hybridized carbons (Fsp3) is 0.130. The molecule has 3 aromatic carbocycles. The van der Waals surface area contributed by atoms with Crippen molar-refractivity contribution in [2.24, 2.45) is 0 Å². The highest BCUT2D eigenvalue weighted by molar-refractivity contribution is 6.05. The van der Waals surface area contributed by atoms with Crippen molar-refractivity contribution in [1.82, 2.24) is 4.98 Å². The van der Waals surface area contributed by atoms with E-state index in [-0.39, 0.29) is 5.91 Å². The molecule has 1 N–H and O–H groups in total. The normalized spacial score (nSPS) is 10.7. The van der Waals surface area contributed by atoms with Gasteiger partial charge in [0.1, 0.15) is 17.0 Å². The third-order valence-corrected chi connectivity index (χ3v) is 4.42. The van der Waals surface area contributed by atoms with Gasteiger partial charge in [0.2, 0.25) is 5.89 Å². The van der Waals surface area contributed by atoms with Crippen LogP contribution in [-0.4, -0.2) is 24.6 Å². The zero-order valence-corrected chi connectivity index (χ0v) is 16.1. The summed E-state index contributed by atoms with van der Waals surface area (Å²) in [5.74, 6) is 1.50. The average Bonchev–Trinajstić information content (AvgIpc) is 3.19. The number of rotatable bonds is 6. The molecule has 0 atom stereocenters. The Labute approximate surface area is 168 Å². The first-order valence-electron chi connectivity index (χ1n) is 9.26. The Morgan fingerprint density at radius 1 is 1.07 bits per heavy atom. The van der Waals surface area contributed by atoms with E-state index in [0.29, 0.717) is 35.1 Å². The molecule has 0 saturated heterocycles. The lowest BCUT2D eigenvalue weighted by Crippen LogP contribution is -2.12. The first kappa shape index (κ1) is 18.6. The summed E-state index contributed by atoms with van der Waals surface area (Å²) in [4.78, 5) is 17.2. The van der Waals surface area contributed by atoms with Crippen molar-refractivity contribution in [2.45, 2.75) is 6.92 Å². The number of nitrogens with one attached hydrogen (secondary N) is 1. The number of hydrogen-bond donors (Lipinski definition) is 1. The van der Waals surface area contributed by atoms with Crippen LogP contribution < -0.4 is 14.8 Å². The maximum atomic E-state index is 12.7. The number of nitrogens with zero attached hydrogens (tertiary/aromatic N) is 1. The van der Waals surface area contributed by atoms with Crippen LogP contribution in [0.5, 0.6) is 11.5 Å². The van der Waals surface area contributed by atoms with Crippen LogP contribution >= 0.6 is 0 Å². The largest absolute Gasteiger partial charge is 0.495 e. The number of hydrogen-bond acceptors (Lipinski definition) is 5. The highest BCUT2D eigenvalue weighted by Crippen LogP contribution is 2.32. The van der Waals surface area contributed by atoms with Crippen molar-refractivity contribution >= 4 is 22.7 Å². The van der Waals surface area contributed by atoms with Gasteiger partial charge in [-0.15, -0.1) is 0 Å². The molecule has 1 aromatic heterocycles. The lowest BCUT2D eigenvalue weighted by molar-refractivity contribution is 0.102. The lowest BCUT2D eigenvalue weighted by Gasteiger charge is -2.11. The van der Waals surface area contributed by atoms with Gasteiger partial charge >= 0.3 is 0 Å². The molecular weight excluding hydrogens is 368 g/mol. The van der Waals surface area contributed by atoms with E-state index in [9.17, 15) is 4.79 Å². The van der Waals surface area contributed by atoms with Crippen molar-refractivity contribution in [3.63, 3.8) is 0 Å². The summed E-state index contributed by atoms with van der Waals surface area (Å²) in [6.45, 7) is 2.49. The Hall–Kier alpha value is -3.80. The van der Waals surface area contributed by atoms with Crippen LogP contribution in [0.1, 0.15) is 17.3 Å². The molecule has 0 bridgehead atoms. The second kappa shape index (κ2) is 8.06. The van der Waals surface area contributed by atoms with Crippen LogP contribution in [0.15, 0.2) is 71.1 Å². The molecule has 29 heavy (non-hydrogen) atoms. The number of amides is 1. The Balaban J connectivity index is 1.62. The molecule has 0 aliphatic carbocycles. The third-order valence-electron chi connectivity index (χ3n) is 4.42. The van der Waals surface area contributed by atoms with E-state index in [2.05, 4.69) is 10.3 Å². The molecule has 0 saturated carbocycles. The lowest BCUT2D eigenvalue weighted by atomic mass is 10.1. The van der Waals surface area contributed by atoms with Crippen molar-refractivity contribution in [3.05, 3.63) is 72.3 Å². The second-order valence-corrected chi connectivity index (χ2v) is 6.31. The summed E-state index contributed by atoms with van der Waals surface area (Å²) < 4.78 is 16.6. The van der Waals surface area contributed by atoms with Gasteiger partial charge in [0.25, 0.3) is 5.91 Å². The quantitative estimate of drug-likeness (QED) is 0.494. The van der Waals surface area contributed by atoms with Crippen LogP contribution in [0.2, 0.25) is 0 Å². The number of carbonyl (C=O) groups excluding carboxylic acids is 1. The number of oxazole rings is 1. The van der Waals surface area contributed by atoms with Crippen molar-refractivity contribution in [1.29, 1.82) is 0 Å². The maximum Gasteiger partial charge on any atom is 0.255 e. The highest BCUT2D eigenvalue weighted by atomic mass is 16.5. The fourth-order valence-corrected chi connectivity index (χ4v) is 3.00. The SMILES string of the molecule is CCOc1ccc(C(=O)Nc2cc(-c3nc4ccccc4o3)ccc2OC)cc1. The van der Waals surface area contributed by atoms with E-state index < -0.39 is 0 Å².